The van der Waals surface area contributed by atoms with Crippen LogP contribution in [0.3, 0.4) is 0 Å². The number of aryl methyl sites for hydroxylation is 1. The molecule has 0 saturated carbocycles. The first-order valence-corrected chi connectivity index (χ1v) is 10.1. The van der Waals surface area contributed by atoms with Crippen molar-refractivity contribution in [2.45, 2.75) is 20.3 Å². The maximum atomic E-state index is 12.7. The van der Waals surface area contributed by atoms with Gasteiger partial charge in [-0.2, -0.15) is 0 Å². The number of amides is 2. The van der Waals surface area contributed by atoms with E-state index in [2.05, 4.69) is 10.3 Å². The number of hydrogen-bond acceptors (Lipinski definition) is 5. The average molecular weight is 395 g/mol. The predicted octanol–water partition coefficient (Wildman–Crippen LogP) is 4.00. The highest BCUT2D eigenvalue weighted by atomic mass is 32.1. The van der Waals surface area contributed by atoms with Crippen LogP contribution in [-0.2, 0) is 9.59 Å². The van der Waals surface area contributed by atoms with Crippen LogP contribution in [0.4, 0.5) is 10.8 Å². The lowest BCUT2D eigenvalue weighted by atomic mass is 10.1. The quantitative estimate of drug-likeness (QED) is 0.709. The lowest BCUT2D eigenvalue weighted by Crippen LogP contribution is -2.28. The molecular weight excluding hydrogens is 374 g/mol. The van der Waals surface area contributed by atoms with Crippen LogP contribution >= 0.6 is 11.3 Å². The molecule has 2 amide bonds. The Labute approximate surface area is 167 Å². The number of benzene rings is 2. The number of aromatic nitrogens is 1. The maximum Gasteiger partial charge on any atom is 0.231 e. The second kappa shape index (κ2) is 7.59. The second-order valence-electron chi connectivity index (χ2n) is 6.81. The van der Waals surface area contributed by atoms with Crippen molar-refractivity contribution in [2.75, 3.05) is 23.4 Å². The summed E-state index contributed by atoms with van der Waals surface area (Å²) in [6.45, 7) is 4.92. The van der Waals surface area contributed by atoms with Crippen LogP contribution in [0, 0.1) is 12.8 Å². The average Bonchev–Trinajstić information content (AvgIpc) is 3.25. The molecule has 1 atom stereocenters. The van der Waals surface area contributed by atoms with E-state index in [0.29, 0.717) is 18.3 Å². The fraction of sp³-hybridized carbons (Fsp3) is 0.286. The van der Waals surface area contributed by atoms with Crippen molar-refractivity contribution in [1.82, 2.24) is 4.98 Å². The Morgan fingerprint density at radius 2 is 2.07 bits per heavy atom. The molecule has 1 aliphatic rings. The molecule has 7 heteroatoms. The number of fused-ring (bicyclic) bond motifs is 1. The van der Waals surface area contributed by atoms with Crippen molar-refractivity contribution in [3.8, 4) is 5.75 Å². The monoisotopic (exact) mass is 395 g/mol. The highest BCUT2D eigenvalue weighted by Crippen LogP contribution is 2.31. The standard InChI is InChI=1S/C21H21N3O3S/c1-3-27-16-8-9-17-18(11-16)28-21(22-17)23-20(26)14-10-19(25)24(12-14)15-6-4-13(2)5-7-15/h4-9,11,14H,3,10,12H2,1-2H3,(H,22,23,26)/t14-/m0/s1. The molecule has 3 aromatic rings. The topological polar surface area (TPSA) is 71.5 Å². The van der Waals surface area contributed by atoms with Crippen LogP contribution < -0.4 is 15.0 Å². The number of hydrogen-bond donors (Lipinski definition) is 1. The van der Waals surface area contributed by atoms with Crippen molar-refractivity contribution in [3.05, 3.63) is 48.0 Å². The van der Waals surface area contributed by atoms with E-state index in [9.17, 15) is 9.59 Å². The Bertz CT molecular complexity index is 1030. The third-order valence-corrected chi connectivity index (χ3v) is 5.68. The van der Waals surface area contributed by atoms with Crippen LogP contribution in [-0.4, -0.2) is 29.9 Å². The Hall–Kier alpha value is -2.93. The van der Waals surface area contributed by atoms with Gasteiger partial charge in [0.05, 0.1) is 22.7 Å². The molecule has 2 aromatic carbocycles. The summed E-state index contributed by atoms with van der Waals surface area (Å²) in [5.41, 5.74) is 2.77. The van der Waals surface area contributed by atoms with E-state index in [1.807, 2.05) is 56.3 Å². The molecule has 2 heterocycles. The molecule has 0 bridgehead atoms. The molecule has 0 unspecified atom stereocenters. The fourth-order valence-electron chi connectivity index (χ4n) is 3.28. The Kier molecular flexibility index (Phi) is 5.00. The van der Waals surface area contributed by atoms with Gasteiger partial charge in [-0.3, -0.25) is 9.59 Å². The van der Waals surface area contributed by atoms with Gasteiger partial charge < -0.3 is 15.0 Å². The van der Waals surface area contributed by atoms with E-state index in [4.69, 9.17) is 4.74 Å². The maximum absolute atomic E-state index is 12.7. The van der Waals surface area contributed by atoms with Gasteiger partial charge in [-0.1, -0.05) is 29.0 Å². The molecule has 1 saturated heterocycles. The number of nitrogens with zero attached hydrogens (tertiary/aromatic N) is 2. The van der Waals surface area contributed by atoms with Crippen molar-refractivity contribution in [2.24, 2.45) is 5.92 Å². The first kappa shape index (κ1) is 18.4. The summed E-state index contributed by atoms with van der Waals surface area (Å²) >= 11 is 1.40. The molecule has 0 spiro atoms. The van der Waals surface area contributed by atoms with Crippen molar-refractivity contribution in [3.63, 3.8) is 0 Å². The van der Waals surface area contributed by atoms with Gasteiger partial charge in [0.25, 0.3) is 0 Å². The van der Waals surface area contributed by atoms with E-state index < -0.39 is 0 Å². The number of nitrogens with one attached hydrogen (secondary N) is 1. The molecule has 0 radical (unpaired) electrons. The molecule has 144 valence electrons. The summed E-state index contributed by atoms with van der Waals surface area (Å²) in [6.07, 6.45) is 0.207. The van der Waals surface area contributed by atoms with Crippen molar-refractivity contribution >= 4 is 44.2 Å². The zero-order valence-electron chi connectivity index (χ0n) is 15.8. The van der Waals surface area contributed by atoms with Gasteiger partial charge in [0.15, 0.2) is 5.13 Å². The molecule has 1 aliphatic heterocycles. The van der Waals surface area contributed by atoms with E-state index in [1.165, 1.54) is 11.3 Å². The Morgan fingerprint density at radius 1 is 1.29 bits per heavy atom. The first-order chi connectivity index (χ1) is 13.5. The molecule has 1 N–H and O–H groups in total. The highest BCUT2D eigenvalue weighted by molar-refractivity contribution is 7.22. The van der Waals surface area contributed by atoms with Crippen molar-refractivity contribution in [1.29, 1.82) is 0 Å². The van der Waals surface area contributed by atoms with Crippen LogP contribution in [0.1, 0.15) is 18.9 Å². The normalized spacial score (nSPS) is 16.6. The number of carbonyl (C=O) groups excluding carboxylic acids is 2. The smallest absolute Gasteiger partial charge is 0.231 e. The van der Waals surface area contributed by atoms with Gasteiger partial charge in [-0.05, 0) is 44.2 Å². The molecular formula is C21H21N3O3S. The van der Waals surface area contributed by atoms with Crippen LogP contribution in [0.25, 0.3) is 10.2 Å². The zero-order chi connectivity index (χ0) is 19.7. The largest absolute Gasteiger partial charge is 0.494 e. The molecule has 6 nitrogen and oxygen atoms in total. The van der Waals surface area contributed by atoms with Gasteiger partial charge in [-0.25, -0.2) is 4.98 Å². The number of anilines is 2. The van der Waals surface area contributed by atoms with Gasteiger partial charge in [0.2, 0.25) is 11.8 Å². The van der Waals surface area contributed by atoms with E-state index in [1.54, 1.807) is 4.90 Å². The zero-order valence-corrected chi connectivity index (χ0v) is 16.6. The second-order valence-corrected chi connectivity index (χ2v) is 7.84. The van der Waals surface area contributed by atoms with Gasteiger partial charge in [0, 0.05) is 18.7 Å². The Balaban J connectivity index is 1.45. The lowest BCUT2D eigenvalue weighted by Gasteiger charge is -2.16. The van der Waals surface area contributed by atoms with Gasteiger partial charge in [0.1, 0.15) is 5.75 Å². The van der Waals surface area contributed by atoms with Gasteiger partial charge in [-0.15, -0.1) is 0 Å². The summed E-state index contributed by atoms with van der Waals surface area (Å²) < 4.78 is 6.46. The van der Waals surface area contributed by atoms with Crippen LogP contribution in [0.5, 0.6) is 5.75 Å². The summed E-state index contributed by atoms with van der Waals surface area (Å²) in [5.74, 6) is 0.188. The Morgan fingerprint density at radius 3 is 2.82 bits per heavy atom. The molecule has 1 fully saturated rings. The third-order valence-electron chi connectivity index (χ3n) is 4.74. The minimum atomic E-state index is -0.389. The number of thiazole rings is 1. The van der Waals surface area contributed by atoms with Crippen molar-refractivity contribution < 1.29 is 14.3 Å². The van der Waals surface area contributed by atoms with Crippen LogP contribution in [0.15, 0.2) is 42.5 Å². The molecule has 4 rings (SSSR count). The number of carbonyl (C=O) groups is 2. The summed E-state index contributed by atoms with van der Waals surface area (Å²) in [6, 6.07) is 13.4. The molecule has 0 aliphatic carbocycles. The fourth-order valence-corrected chi connectivity index (χ4v) is 4.18. The summed E-state index contributed by atoms with van der Waals surface area (Å²) in [7, 11) is 0. The van der Waals surface area contributed by atoms with Crippen LogP contribution in [0.2, 0.25) is 0 Å². The summed E-state index contributed by atoms with van der Waals surface area (Å²) in [4.78, 5) is 31.2. The van der Waals surface area contributed by atoms with E-state index >= 15 is 0 Å². The van der Waals surface area contributed by atoms with E-state index in [0.717, 1.165) is 27.2 Å². The minimum Gasteiger partial charge on any atom is -0.494 e. The predicted molar refractivity (Wildman–Crippen MR) is 111 cm³/mol. The van der Waals surface area contributed by atoms with Gasteiger partial charge >= 0.3 is 0 Å². The van der Waals surface area contributed by atoms with E-state index in [-0.39, 0.29) is 24.2 Å². The highest BCUT2D eigenvalue weighted by Gasteiger charge is 2.35. The number of ether oxygens (including phenoxy) is 1. The lowest BCUT2D eigenvalue weighted by molar-refractivity contribution is -0.122. The SMILES string of the molecule is CCOc1ccc2nc(NC(=O)[C@H]3CC(=O)N(c4ccc(C)cc4)C3)sc2c1. The summed E-state index contributed by atoms with van der Waals surface area (Å²) in [5, 5.41) is 3.41. The molecule has 1 aromatic heterocycles. The molecule has 28 heavy (non-hydrogen) atoms. The minimum absolute atomic E-state index is 0.0327. The number of rotatable bonds is 5. The first-order valence-electron chi connectivity index (χ1n) is 9.25. The third kappa shape index (κ3) is 3.71.